The van der Waals surface area contributed by atoms with Crippen LogP contribution in [0.25, 0.3) is 0 Å². The Labute approximate surface area is 118 Å². The van der Waals surface area contributed by atoms with Gasteiger partial charge in [-0.05, 0) is 41.5 Å². The van der Waals surface area contributed by atoms with Crippen molar-refractivity contribution in [1.29, 1.82) is 0 Å². The van der Waals surface area contributed by atoms with Crippen LogP contribution in [0.4, 0.5) is 0 Å². The molecule has 0 saturated heterocycles. The summed E-state index contributed by atoms with van der Waals surface area (Å²) in [6, 6.07) is 17.9. The normalized spacial score (nSPS) is 10.6. The largest absolute Gasteiger partial charge is 0.0876 e. The lowest BCUT2D eigenvalue weighted by Gasteiger charge is -2.04. The van der Waals surface area contributed by atoms with Crippen LogP contribution in [0, 0.1) is 0 Å². The van der Waals surface area contributed by atoms with Crippen molar-refractivity contribution in [3.63, 3.8) is 0 Å². The zero-order chi connectivity index (χ0) is 12.8. The highest BCUT2D eigenvalue weighted by molar-refractivity contribution is 9.08. The molecule has 94 valence electrons. The minimum absolute atomic E-state index is 0.936. The number of benzene rings is 2. The van der Waals surface area contributed by atoms with Crippen molar-refractivity contribution in [1.82, 2.24) is 0 Å². The van der Waals surface area contributed by atoms with E-state index in [1.165, 1.54) is 22.3 Å². The highest BCUT2D eigenvalue weighted by Gasteiger charge is 1.97. The van der Waals surface area contributed by atoms with E-state index >= 15 is 0 Å². The first-order chi connectivity index (χ1) is 8.81. The summed E-state index contributed by atoms with van der Waals surface area (Å²) >= 11 is 3.47. The molecule has 0 bridgehead atoms. The van der Waals surface area contributed by atoms with Crippen molar-refractivity contribution in [2.75, 3.05) is 0 Å². The molecule has 0 saturated carbocycles. The highest BCUT2D eigenvalue weighted by Crippen LogP contribution is 2.12. The van der Waals surface area contributed by atoms with Gasteiger partial charge in [0.15, 0.2) is 0 Å². The SMILES string of the molecule is CCc1ccc(CCc2ccc(CBr)cc2)cc1. The van der Waals surface area contributed by atoms with Gasteiger partial charge in [0, 0.05) is 5.33 Å². The van der Waals surface area contributed by atoms with Crippen molar-refractivity contribution >= 4 is 15.9 Å². The fraction of sp³-hybridized carbons (Fsp3) is 0.294. The third-order valence-electron chi connectivity index (χ3n) is 3.31. The Morgan fingerprint density at radius 1 is 0.667 bits per heavy atom. The molecule has 0 radical (unpaired) electrons. The number of hydrogen-bond acceptors (Lipinski definition) is 0. The maximum absolute atomic E-state index is 3.47. The van der Waals surface area contributed by atoms with Crippen LogP contribution >= 0.6 is 15.9 Å². The third kappa shape index (κ3) is 3.71. The Morgan fingerprint density at radius 2 is 1.06 bits per heavy atom. The molecule has 0 fully saturated rings. The van der Waals surface area contributed by atoms with Crippen LogP contribution in [-0.2, 0) is 24.6 Å². The molecule has 0 amide bonds. The monoisotopic (exact) mass is 302 g/mol. The van der Waals surface area contributed by atoms with E-state index < -0.39 is 0 Å². The lowest BCUT2D eigenvalue weighted by molar-refractivity contribution is 0.956. The second kappa shape index (κ2) is 6.75. The van der Waals surface area contributed by atoms with E-state index in [1.54, 1.807) is 0 Å². The third-order valence-corrected chi connectivity index (χ3v) is 3.96. The molecule has 2 aromatic rings. The van der Waals surface area contributed by atoms with Crippen molar-refractivity contribution < 1.29 is 0 Å². The molecule has 0 N–H and O–H groups in total. The van der Waals surface area contributed by atoms with Crippen LogP contribution < -0.4 is 0 Å². The average molecular weight is 303 g/mol. The van der Waals surface area contributed by atoms with E-state index in [-0.39, 0.29) is 0 Å². The smallest absolute Gasteiger partial charge is 0.0283 e. The van der Waals surface area contributed by atoms with Gasteiger partial charge in [-0.15, -0.1) is 0 Å². The van der Waals surface area contributed by atoms with E-state index in [0.29, 0.717) is 0 Å². The molecule has 2 rings (SSSR count). The molecular formula is C17H19Br. The number of aryl methyl sites for hydroxylation is 3. The highest BCUT2D eigenvalue weighted by atomic mass is 79.9. The minimum atomic E-state index is 0.936. The molecule has 0 heterocycles. The lowest BCUT2D eigenvalue weighted by atomic mass is 10.0. The summed E-state index contributed by atoms with van der Waals surface area (Å²) in [6.45, 7) is 2.19. The Kier molecular flexibility index (Phi) is 5.00. The van der Waals surface area contributed by atoms with Crippen molar-refractivity contribution in [2.45, 2.75) is 31.5 Å². The van der Waals surface area contributed by atoms with E-state index in [0.717, 1.165) is 24.6 Å². The molecule has 0 aromatic heterocycles. The molecule has 0 aliphatic heterocycles. The summed E-state index contributed by atoms with van der Waals surface area (Å²) < 4.78 is 0. The van der Waals surface area contributed by atoms with Gasteiger partial charge in [0.05, 0.1) is 0 Å². The van der Waals surface area contributed by atoms with E-state index in [2.05, 4.69) is 71.4 Å². The Hall–Kier alpha value is -1.08. The molecule has 0 aliphatic rings. The number of alkyl halides is 1. The lowest BCUT2D eigenvalue weighted by Crippen LogP contribution is -1.92. The van der Waals surface area contributed by atoms with Crippen molar-refractivity contribution in [3.8, 4) is 0 Å². The number of halogens is 1. The first-order valence-corrected chi connectivity index (χ1v) is 7.65. The summed E-state index contributed by atoms with van der Waals surface area (Å²) in [5.41, 5.74) is 5.60. The molecule has 18 heavy (non-hydrogen) atoms. The van der Waals surface area contributed by atoms with Crippen LogP contribution in [0.15, 0.2) is 48.5 Å². The summed E-state index contributed by atoms with van der Waals surface area (Å²) in [4.78, 5) is 0. The summed E-state index contributed by atoms with van der Waals surface area (Å²) in [7, 11) is 0. The van der Waals surface area contributed by atoms with Crippen molar-refractivity contribution in [2.24, 2.45) is 0 Å². The zero-order valence-corrected chi connectivity index (χ0v) is 12.4. The van der Waals surface area contributed by atoms with Crippen molar-refractivity contribution in [3.05, 3.63) is 70.8 Å². The van der Waals surface area contributed by atoms with Gasteiger partial charge >= 0.3 is 0 Å². The molecule has 0 atom stereocenters. The quantitative estimate of drug-likeness (QED) is 0.687. The fourth-order valence-electron chi connectivity index (χ4n) is 2.03. The molecule has 0 spiro atoms. The standard InChI is InChI=1S/C17H19Br/c1-2-14-3-5-15(6-4-14)7-8-16-9-11-17(13-18)12-10-16/h3-6,9-12H,2,7-8,13H2,1H3. The maximum Gasteiger partial charge on any atom is 0.0283 e. The second-order valence-electron chi connectivity index (χ2n) is 4.62. The van der Waals surface area contributed by atoms with Gasteiger partial charge in [-0.25, -0.2) is 0 Å². The summed E-state index contributed by atoms with van der Waals surface area (Å²) in [5.74, 6) is 0. The Morgan fingerprint density at radius 3 is 1.44 bits per heavy atom. The second-order valence-corrected chi connectivity index (χ2v) is 5.18. The Balaban J connectivity index is 1.93. The number of hydrogen-bond donors (Lipinski definition) is 0. The topological polar surface area (TPSA) is 0 Å². The van der Waals surface area contributed by atoms with E-state index in [1.807, 2.05) is 0 Å². The van der Waals surface area contributed by atoms with Crippen LogP contribution in [0.3, 0.4) is 0 Å². The van der Waals surface area contributed by atoms with Gasteiger partial charge in [-0.2, -0.15) is 0 Å². The van der Waals surface area contributed by atoms with Crippen LogP contribution in [-0.4, -0.2) is 0 Å². The fourth-order valence-corrected chi connectivity index (χ4v) is 2.40. The minimum Gasteiger partial charge on any atom is -0.0876 e. The average Bonchev–Trinajstić information content (AvgIpc) is 2.46. The molecule has 1 heteroatoms. The van der Waals surface area contributed by atoms with Gasteiger partial charge in [0.2, 0.25) is 0 Å². The molecule has 0 nitrogen and oxygen atoms in total. The molecule has 2 aromatic carbocycles. The van der Waals surface area contributed by atoms with Gasteiger partial charge in [0.25, 0.3) is 0 Å². The first kappa shape index (κ1) is 13.4. The van der Waals surface area contributed by atoms with Gasteiger partial charge in [0.1, 0.15) is 0 Å². The van der Waals surface area contributed by atoms with E-state index in [9.17, 15) is 0 Å². The van der Waals surface area contributed by atoms with Gasteiger partial charge in [-0.1, -0.05) is 71.4 Å². The van der Waals surface area contributed by atoms with Gasteiger partial charge in [-0.3, -0.25) is 0 Å². The number of rotatable bonds is 5. The maximum atomic E-state index is 3.47. The summed E-state index contributed by atoms with van der Waals surface area (Å²) in [5, 5.41) is 0.936. The predicted molar refractivity (Wildman–Crippen MR) is 82.3 cm³/mol. The zero-order valence-electron chi connectivity index (χ0n) is 10.8. The molecular weight excluding hydrogens is 284 g/mol. The van der Waals surface area contributed by atoms with Crippen LogP contribution in [0.2, 0.25) is 0 Å². The van der Waals surface area contributed by atoms with E-state index in [4.69, 9.17) is 0 Å². The first-order valence-electron chi connectivity index (χ1n) is 6.53. The van der Waals surface area contributed by atoms with Gasteiger partial charge < -0.3 is 0 Å². The van der Waals surface area contributed by atoms with Crippen LogP contribution in [0.1, 0.15) is 29.2 Å². The molecule has 0 aliphatic carbocycles. The predicted octanol–water partition coefficient (Wildman–Crippen LogP) is 4.93. The summed E-state index contributed by atoms with van der Waals surface area (Å²) in [6.07, 6.45) is 3.36. The Bertz CT molecular complexity index is 420. The molecule has 0 unspecified atom stereocenters. The van der Waals surface area contributed by atoms with Crippen LogP contribution in [0.5, 0.6) is 0 Å².